The number of carbonyl (C=O) groups excluding carboxylic acids is 2. The van der Waals surface area contributed by atoms with Gasteiger partial charge in [0, 0.05) is 6.04 Å². The van der Waals surface area contributed by atoms with Crippen molar-refractivity contribution in [2.24, 2.45) is 0 Å². The number of alkyl halides is 3. The van der Waals surface area contributed by atoms with Gasteiger partial charge in [0.2, 0.25) is 11.9 Å². The van der Waals surface area contributed by atoms with Gasteiger partial charge in [-0.15, -0.1) is 0 Å². The molecule has 1 saturated carbocycles. The number of anilines is 2. The van der Waals surface area contributed by atoms with E-state index in [2.05, 4.69) is 10.3 Å². The number of aromatic nitrogens is 2. The number of para-hydroxylation sites is 3. The summed E-state index contributed by atoms with van der Waals surface area (Å²) in [5.41, 5.74) is 0.196. The molecule has 2 aromatic carbocycles. The van der Waals surface area contributed by atoms with Crippen molar-refractivity contribution in [1.29, 1.82) is 0 Å². The van der Waals surface area contributed by atoms with Gasteiger partial charge in [0.1, 0.15) is 6.04 Å². The van der Waals surface area contributed by atoms with Crippen molar-refractivity contribution in [3.05, 3.63) is 54.1 Å². The molecule has 9 heteroatoms. The molecule has 6 nitrogen and oxygen atoms in total. The van der Waals surface area contributed by atoms with Gasteiger partial charge in [-0.25, -0.2) is 4.98 Å². The number of fused-ring (bicyclic) bond motifs is 3. The first-order valence-electron chi connectivity index (χ1n) is 10.6. The average Bonchev–Trinajstić information content (AvgIpc) is 3.45. The molecule has 1 fully saturated rings. The van der Waals surface area contributed by atoms with Crippen molar-refractivity contribution < 1.29 is 22.8 Å². The monoisotopic (exact) mass is 442 g/mol. The quantitative estimate of drug-likeness (QED) is 0.624. The van der Waals surface area contributed by atoms with Gasteiger partial charge < -0.3 is 5.32 Å². The number of carbonyl (C=O) groups is 2. The normalized spacial score (nSPS) is 19.0. The molecule has 3 aromatic rings. The van der Waals surface area contributed by atoms with E-state index >= 15 is 0 Å². The van der Waals surface area contributed by atoms with Crippen LogP contribution in [0.5, 0.6) is 0 Å². The largest absolute Gasteiger partial charge is 0.418 e. The minimum atomic E-state index is -4.60. The Morgan fingerprint density at radius 2 is 1.75 bits per heavy atom. The Hall–Kier alpha value is -3.36. The molecule has 2 aliphatic rings. The van der Waals surface area contributed by atoms with E-state index in [1.807, 2.05) is 24.3 Å². The summed E-state index contributed by atoms with van der Waals surface area (Å²) in [6.45, 7) is 0. The third-order valence-corrected chi connectivity index (χ3v) is 6.20. The van der Waals surface area contributed by atoms with Crippen LogP contribution >= 0.6 is 0 Å². The summed E-state index contributed by atoms with van der Waals surface area (Å²) in [6, 6.07) is 11.3. The molecular formula is C23H21F3N4O2. The van der Waals surface area contributed by atoms with Gasteiger partial charge in [0.25, 0.3) is 5.91 Å². The predicted molar refractivity (Wildman–Crippen MR) is 113 cm³/mol. The van der Waals surface area contributed by atoms with E-state index < -0.39 is 23.7 Å². The van der Waals surface area contributed by atoms with E-state index in [0.717, 1.165) is 37.3 Å². The molecule has 0 saturated heterocycles. The molecule has 0 spiro atoms. The van der Waals surface area contributed by atoms with Crippen molar-refractivity contribution in [3.63, 3.8) is 0 Å². The Morgan fingerprint density at radius 1 is 1.06 bits per heavy atom. The van der Waals surface area contributed by atoms with Crippen LogP contribution in [0.2, 0.25) is 0 Å². The number of hydrogen-bond donors (Lipinski definition) is 1. The summed E-state index contributed by atoms with van der Waals surface area (Å²) in [4.78, 5) is 32.5. The molecule has 1 aromatic heterocycles. The second-order valence-electron chi connectivity index (χ2n) is 8.23. The van der Waals surface area contributed by atoms with Gasteiger partial charge in [0.15, 0.2) is 0 Å². The molecule has 1 aliphatic heterocycles. The Bertz CT molecular complexity index is 1200. The highest BCUT2D eigenvalue weighted by Gasteiger charge is 2.44. The Morgan fingerprint density at radius 3 is 2.50 bits per heavy atom. The molecule has 5 rings (SSSR count). The van der Waals surface area contributed by atoms with Crippen molar-refractivity contribution in [2.75, 3.05) is 10.2 Å². The molecule has 0 radical (unpaired) electrons. The maximum atomic E-state index is 13.4. The third-order valence-electron chi connectivity index (χ3n) is 6.20. The fourth-order valence-electron chi connectivity index (χ4n) is 4.78. The van der Waals surface area contributed by atoms with Gasteiger partial charge in [-0.1, -0.05) is 37.1 Å². The third kappa shape index (κ3) is 3.41. The molecule has 2 heterocycles. The summed E-state index contributed by atoms with van der Waals surface area (Å²) < 4.78 is 41.6. The van der Waals surface area contributed by atoms with Crippen LogP contribution in [-0.2, 0) is 15.8 Å². The molecule has 1 N–H and O–H groups in total. The first kappa shape index (κ1) is 20.5. The fourth-order valence-corrected chi connectivity index (χ4v) is 4.78. The van der Waals surface area contributed by atoms with E-state index in [1.165, 1.54) is 18.2 Å². The second kappa shape index (κ2) is 7.65. The maximum Gasteiger partial charge on any atom is 0.418 e. The molecule has 1 aliphatic carbocycles. The standard InChI is InChI=1S/C23H21F3N4O2/c24-23(25,26)15-9-3-4-10-16(15)27-20(31)13-19-21(32)29(14-7-1-2-8-14)22-28-17-11-5-6-12-18(17)30(19)22/h3-6,9-12,14,19H,1-2,7-8,13H2,(H,27,31)/t19-/m1/s1. The number of hydrogen-bond acceptors (Lipinski definition) is 3. The molecule has 166 valence electrons. The fraction of sp³-hybridized carbons (Fsp3) is 0.348. The van der Waals surface area contributed by atoms with Crippen molar-refractivity contribution in [3.8, 4) is 0 Å². The van der Waals surface area contributed by atoms with Crippen LogP contribution < -0.4 is 10.2 Å². The topological polar surface area (TPSA) is 67.2 Å². The Balaban J connectivity index is 1.47. The lowest BCUT2D eigenvalue weighted by molar-refractivity contribution is -0.137. The molecule has 1 atom stereocenters. The van der Waals surface area contributed by atoms with Crippen LogP contribution in [0.25, 0.3) is 11.0 Å². The lowest BCUT2D eigenvalue weighted by Crippen LogP contribution is -2.38. The smallest absolute Gasteiger partial charge is 0.325 e. The Kier molecular flexibility index (Phi) is 4.91. The van der Waals surface area contributed by atoms with Crippen molar-refractivity contribution in [1.82, 2.24) is 9.55 Å². The highest BCUT2D eigenvalue weighted by molar-refractivity contribution is 6.05. The summed E-state index contributed by atoms with van der Waals surface area (Å²) in [5, 5.41) is 2.36. The van der Waals surface area contributed by atoms with Crippen LogP contribution in [0.3, 0.4) is 0 Å². The highest BCUT2D eigenvalue weighted by Crippen LogP contribution is 2.41. The minimum absolute atomic E-state index is 0.0251. The van der Waals surface area contributed by atoms with Gasteiger partial charge in [-0.3, -0.25) is 19.1 Å². The molecule has 32 heavy (non-hydrogen) atoms. The maximum absolute atomic E-state index is 13.4. The minimum Gasteiger partial charge on any atom is -0.325 e. The lowest BCUT2D eigenvalue weighted by Gasteiger charge is -2.22. The zero-order valence-corrected chi connectivity index (χ0v) is 17.1. The van der Waals surface area contributed by atoms with Crippen LogP contribution in [-0.4, -0.2) is 27.4 Å². The van der Waals surface area contributed by atoms with E-state index in [1.54, 1.807) is 9.47 Å². The van der Waals surface area contributed by atoms with Gasteiger partial charge in [-0.2, -0.15) is 13.2 Å². The van der Waals surface area contributed by atoms with E-state index in [-0.39, 0.29) is 24.1 Å². The summed E-state index contributed by atoms with van der Waals surface area (Å²) in [5.74, 6) is -0.377. The van der Waals surface area contributed by atoms with Gasteiger partial charge in [-0.05, 0) is 37.1 Å². The van der Waals surface area contributed by atoms with Crippen LogP contribution in [0.4, 0.5) is 24.8 Å². The Labute approximate surface area is 182 Å². The molecule has 0 bridgehead atoms. The van der Waals surface area contributed by atoms with Gasteiger partial charge in [0.05, 0.1) is 28.7 Å². The van der Waals surface area contributed by atoms with Gasteiger partial charge >= 0.3 is 6.18 Å². The van der Waals surface area contributed by atoms with E-state index in [4.69, 9.17) is 0 Å². The van der Waals surface area contributed by atoms with E-state index in [0.29, 0.717) is 11.5 Å². The molecule has 0 unspecified atom stereocenters. The van der Waals surface area contributed by atoms with Crippen LogP contribution in [0.1, 0.15) is 43.7 Å². The molecular weight excluding hydrogens is 421 g/mol. The highest BCUT2D eigenvalue weighted by atomic mass is 19.4. The van der Waals surface area contributed by atoms with Crippen LogP contribution in [0.15, 0.2) is 48.5 Å². The number of amides is 2. The van der Waals surface area contributed by atoms with E-state index in [9.17, 15) is 22.8 Å². The number of nitrogens with zero attached hydrogens (tertiary/aromatic N) is 3. The number of rotatable bonds is 4. The summed E-state index contributed by atoms with van der Waals surface area (Å²) >= 11 is 0. The number of halogens is 3. The zero-order valence-electron chi connectivity index (χ0n) is 17.1. The summed E-state index contributed by atoms with van der Waals surface area (Å²) in [7, 11) is 0. The molecule has 2 amide bonds. The zero-order chi connectivity index (χ0) is 22.5. The van der Waals surface area contributed by atoms with Crippen LogP contribution in [0, 0.1) is 0 Å². The second-order valence-corrected chi connectivity index (χ2v) is 8.23. The lowest BCUT2D eigenvalue weighted by atomic mass is 10.1. The first-order chi connectivity index (χ1) is 15.3. The predicted octanol–water partition coefficient (Wildman–Crippen LogP) is 4.91. The summed E-state index contributed by atoms with van der Waals surface area (Å²) in [6.07, 6.45) is -1.09. The SMILES string of the molecule is O=C(C[C@@H]1C(=O)N(C2CCCC2)c2nc3ccccc3n21)Nc1ccccc1C(F)(F)F. The number of imidazole rings is 1. The average molecular weight is 442 g/mol. The number of benzene rings is 2. The van der Waals surface area contributed by atoms with Crippen molar-refractivity contribution >= 4 is 34.5 Å². The van der Waals surface area contributed by atoms with Crippen molar-refractivity contribution in [2.45, 2.75) is 50.4 Å². The first-order valence-corrected chi connectivity index (χ1v) is 10.6. The number of nitrogens with one attached hydrogen (secondary N) is 1.